The molecule has 0 radical (unpaired) electrons. The molecule has 0 saturated carbocycles. The number of rotatable bonds is 7. The first-order valence-corrected chi connectivity index (χ1v) is 9.87. The zero-order chi connectivity index (χ0) is 22.4. The minimum Gasteiger partial charge on any atom is -0.441 e. The molecular formula is C23H24N4O4. The summed E-state index contributed by atoms with van der Waals surface area (Å²) in [5, 5.41) is 5.41. The Balaban J connectivity index is 1.66. The monoisotopic (exact) mass is 420 g/mol. The summed E-state index contributed by atoms with van der Waals surface area (Å²) in [6, 6.07) is 16.0. The van der Waals surface area contributed by atoms with Crippen LogP contribution in [-0.4, -0.2) is 40.7 Å². The van der Waals surface area contributed by atoms with Crippen LogP contribution in [-0.2, 0) is 9.59 Å². The van der Waals surface area contributed by atoms with E-state index in [1.165, 1.54) is 11.8 Å². The Morgan fingerprint density at radius 1 is 0.968 bits per heavy atom. The van der Waals surface area contributed by atoms with Crippen molar-refractivity contribution in [3.63, 3.8) is 0 Å². The molecule has 8 heteroatoms. The van der Waals surface area contributed by atoms with Gasteiger partial charge in [0.25, 0.3) is 5.91 Å². The molecule has 2 aromatic carbocycles. The summed E-state index contributed by atoms with van der Waals surface area (Å²) < 4.78 is 5.67. The molecule has 0 fully saturated rings. The van der Waals surface area contributed by atoms with E-state index in [2.05, 4.69) is 15.6 Å². The summed E-state index contributed by atoms with van der Waals surface area (Å²) in [4.78, 5) is 42.3. The number of nitrogens with zero attached hydrogens (tertiary/aromatic N) is 2. The van der Waals surface area contributed by atoms with Crippen molar-refractivity contribution in [1.29, 1.82) is 0 Å². The number of aryl methyl sites for hydroxylation is 1. The van der Waals surface area contributed by atoms with Gasteiger partial charge in [-0.25, -0.2) is 4.98 Å². The molecule has 1 heterocycles. The molecule has 0 aliphatic heterocycles. The van der Waals surface area contributed by atoms with Crippen LogP contribution in [0.15, 0.2) is 59.0 Å². The lowest BCUT2D eigenvalue weighted by Crippen LogP contribution is -2.38. The van der Waals surface area contributed by atoms with Crippen molar-refractivity contribution in [2.24, 2.45) is 0 Å². The molecule has 160 valence electrons. The molecule has 1 aromatic heterocycles. The maximum absolute atomic E-state index is 13.0. The van der Waals surface area contributed by atoms with E-state index in [9.17, 15) is 14.4 Å². The van der Waals surface area contributed by atoms with E-state index < -0.39 is 0 Å². The van der Waals surface area contributed by atoms with Crippen LogP contribution in [0, 0.1) is 6.92 Å². The maximum atomic E-state index is 13.0. The van der Waals surface area contributed by atoms with Gasteiger partial charge in [-0.05, 0) is 50.2 Å². The summed E-state index contributed by atoms with van der Waals surface area (Å²) in [6.45, 7) is 5.10. The Kier molecular flexibility index (Phi) is 6.81. The lowest BCUT2D eigenvalue weighted by atomic mass is 10.2. The highest BCUT2D eigenvalue weighted by molar-refractivity contribution is 5.99. The Morgan fingerprint density at radius 3 is 2.16 bits per heavy atom. The van der Waals surface area contributed by atoms with Crippen molar-refractivity contribution in [3.05, 3.63) is 66.1 Å². The molecule has 0 unspecified atom stereocenters. The van der Waals surface area contributed by atoms with E-state index in [-0.39, 0.29) is 30.0 Å². The third-order valence-electron chi connectivity index (χ3n) is 4.51. The quantitative estimate of drug-likeness (QED) is 0.606. The van der Waals surface area contributed by atoms with Crippen LogP contribution in [0.2, 0.25) is 0 Å². The summed E-state index contributed by atoms with van der Waals surface area (Å²) in [6.07, 6.45) is 0. The van der Waals surface area contributed by atoms with Crippen molar-refractivity contribution in [3.8, 4) is 11.5 Å². The molecule has 3 amide bonds. The average molecular weight is 420 g/mol. The number of benzene rings is 2. The van der Waals surface area contributed by atoms with Gasteiger partial charge in [-0.15, -0.1) is 0 Å². The van der Waals surface area contributed by atoms with Crippen molar-refractivity contribution in [2.75, 3.05) is 23.7 Å². The number of carbonyl (C=O) groups excluding carboxylic acids is 3. The Bertz CT molecular complexity index is 1070. The minimum absolute atomic E-state index is 0.129. The van der Waals surface area contributed by atoms with Gasteiger partial charge in [0.1, 0.15) is 12.3 Å². The van der Waals surface area contributed by atoms with Crippen molar-refractivity contribution in [2.45, 2.75) is 20.8 Å². The first kappa shape index (κ1) is 21.8. The standard InChI is InChI=1S/C23H24N4O4/c1-4-27(14-20(29)25-19-12-10-18(11-13-19)24-16(3)28)23(30)21-15(2)31-22(26-21)17-8-6-5-7-9-17/h5-13H,4,14H2,1-3H3,(H,24,28)(H,25,29). The number of hydrogen-bond donors (Lipinski definition) is 2. The van der Waals surface area contributed by atoms with Crippen molar-refractivity contribution >= 4 is 29.1 Å². The van der Waals surface area contributed by atoms with Gasteiger partial charge in [0, 0.05) is 30.4 Å². The van der Waals surface area contributed by atoms with Gasteiger partial charge in [0.05, 0.1) is 0 Å². The number of aromatic nitrogens is 1. The van der Waals surface area contributed by atoms with Gasteiger partial charge in [0.2, 0.25) is 17.7 Å². The van der Waals surface area contributed by atoms with Gasteiger partial charge in [0.15, 0.2) is 5.69 Å². The molecule has 0 spiro atoms. The van der Waals surface area contributed by atoms with E-state index >= 15 is 0 Å². The number of carbonyl (C=O) groups is 3. The van der Waals surface area contributed by atoms with E-state index in [0.29, 0.717) is 29.6 Å². The van der Waals surface area contributed by atoms with Crippen molar-refractivity contribution < 1.29 is 18.8 Å². The third kappa shape index (κ3) is 5.57. The van der Waals surface area contributed by atoms with Crippen molar-refractivity contribution in [1.82, 2.24) is 9.88 Å². The highest BCUT2D eigenvalue weighted by Crippen LogP contribution is 2.22. The summed E-state index contributed by atoms with van der Waals surface area (Å²) in [7, 11) is 0. The highest BCUT2D eigenvalue weighted by atomic mass is 16.4. The molecule has 0 aliphatic rings. The number of anilines is 2. The molecule has 0 saturated heterocycles. The van der Waals surface area contributed by atoms with Crippen LogP contribution < -0.4 is 10.6 Å². The fraction of sp³-hybridized carbons (Fsp3) is 0.217. The van der Waals surface area contributed by atoms with Gasteiger partial charge >= 0.3 is 0 Å². The fourth-order valence-electron chi connectivity index (χ4n) is 2.99. The minimum atomic E-state index is -0.373. The van der Waals surface area contributed by atoms with Crippen LogP contribution in [0.5, 0.6) is 0 Å². The Labute approximate surface area is 180 Å². The van der Waals surface area contributed by atoms with E-state index in [0.717, 1.165) is 5.56 Å². The number of nitrogens with one attached hydrogen (secondary N) is 2. The largest absolute Gasteiger partial charge is 0.441 e. The van der Waals surface area contributed by atoms with Crippen LogP contribution in [0.3, 0.4) is 0 Å². The van der Waals surface area contributed by atoms with Crippen LogP contribution in [0.1, 0.15) is 30.1 Å². The highest BCUT2D eigenvalue weighted by Gasteiger charge is 2.24. The summed E-state index contributed by atoms with van der Waals surface area (Å²) in [5.74, 6) is -0.126. The SMILES string of the molecule is CCN(CC(=O)Nc1ccc(NC(C)=O)cc1)C(=O)c1nc(-c2ccccc2)oc1C. The molecule has 3 rings (SSSR count). The predicted molar refractivity (Wildman–Crippen MR) is 118 cm³/mol. The predicted octanol–water partition coefficient (Wildman–Crippen LogP) is 3.71. The van der Waals surface area contributed by atoms with E-state index in [4.69, 9.17) is 4.42 Å². The lowest BCUT2D eigenvalue weighted by molar-refractivity contribution is -0.117. The van der Waals surface area contributed by atoms with Crippen LogP contribution >= 0.6 is 0 Å². The molecule has 0 aliphatic carbocycles. The molecule has 2 N–H and O–H groups in total. The zero-order valence-electron chi connectivity index (χ0n) is 17.6. The number of likely N-dealkylation sites (N-methyl/N-ethyl adjacent to an activating group) is 1. The van der Waals surface area contributed by atoms with Crippen LogP contribution in [0.25, 0.3) is 11.5 Å². The fourth-order valence-corrected chi connectivity index (χ4v) is 2.99. The van der Waals surface area contributed by atoms with E-state index in [1.54, 1.807) is 38.1 Å². The maximum Gasteiger partial charge on any atom is 0.276 e. The summed E-state index contributed by atoms with van der Waals surface area (Å²) in [5.41, 5.74) is 2.15. The molecule has 0 bridgehead atoms. The second kappa shape index (κ2) is 9.71. The first-order valence-electron chi connectivity index (χ1n) is 9.87. The first-order chi connectivity index (χ1) is 14.9. The normalized spacial score (nSPS) is 10.4. The smallest absolute Gasteiger partial charge is 0.276 e. The number of amides is 3. The average Bonchev–Trinajstić information content (AvgIpc) is 3.15. The molecule has 31 heavy (non-hydrogen) atoms. The molecule has 8 nitrogen and oxygen atoms in total. The molecule has 3 aromatic rings. The Morgan fingerprint density at radius 2 is 1.58 bits per heavy atom. The lowest BCUT2D eigenvalue weighted by Gasteiger charge is -2.19. The topological polar surface area (TPSA) is 105 Å². The van der Waals surface area contributed by atoms with Crippen LogP contribution in [0.4, 0.5) is 11.4 Å². The van der Waals surface area contributed by atoms with Gasteiger partial charge in [-0.3, -0.25) is 14.4 Å². The molecular weight excluding hydrogens is 396 g/mol. The second-order valence-corrected chi connectivity index (χ2v) is 6.92. The molecule has 0 atom stereocenters. The Hall–Kier alpha value is -3.94. The zero-order valence-corrected chi connectivity index (χ0v) is 17.6. The van der Waals surface area contributed by atoms with Gasteiger partial charge in [-0.2, -0.15) is 0 Å². The number of oxazole rings is 1. The van der Waals surface area contributed by atoms with Gasteiger partial charge in [-0.1, -0.05) is 18.2 Å². The summed E-state index contributed by atoms with van der Waals surface area (Å²) >= 11 is 0. The second-order valence-electron chi connectivity index (χ2n) is 6.92. The number of hydrogen-bond acceptors (Lipinski definition) is 5. The van der Waals surface area contributed by atoms with E-state index in [1.807, 2.05) is 30.3 Å². The third-order valence-corrected chi connectivity index (χ3v) is 4.51. The van der Waals surface area contributed by atoms with Gasteiger partial charge < -0.3 is 20.0 Å².